The Morgan fingerprint density at radius 2 is 2.25 bits per heavy atom. The molecule has 3 atom stereocenters. The summed E-state index contributed by atoms with van der Waals surface area (Å²) < 4.78 is 6.06. The number of aliphatic hydroxyl groups is 1. The van der Waals surface area contributed by atoms with Gasteiger partial charge in [-0.15, -0.1) is 0 Å². The molecule has 0 aliphatic carbocycles. The van der Waals surface area contributed by atoms with E-state index in [4.69, 9.17) is 4.74 Å². The van der Waals surface area contributed by atoms with Crippen molar-refractivity contribution in [1.82, 2.24) is 0 Å². The molecule has 1 N–H and O–H groups in total. The molecule has 0 bridgehead atoms. The van der Waals surface area contributed by atoms with E-state index in [1.165, 1.54) is 16.9 Å². The van der Waals surface area contributed by atoms with E-state index in [9.17, 15) is 5.11 Å². The Kier molecular flexibility index (Phi) is 4.11. The molecule has 0 aromatic heterocycles. The van der Waals surface area contributed by atoms with E-state index in [0.717, 1.165) is 37.2 Å². The molecule has 2 aliphatic heterocycles. The minimum absolute atomic E-state index is 0.0479. The fourth-order valence-corrected chi connectivity index (χ4v) is 4.92. The van der Waals surface area contributed by atoms with E-state index >= 15 is 0 Å². The summed E-state index contributed by atoms with van der Waals surface area (Å²) in [6.45, 7) is 5.03. The fourth-order valence-electron chi connectivity index (χ4n) is 3.55. The number of aryl methyl sites for hydroxylation is 1. The number of benzene rings is 1. The number of ether oxygens (including phenoxy) is 1. The highest BCUT2D eigenvalue weighted by Crippen LogP contribution is 2.44. The molecule has 2 aliphatic rings. The van der Waals surface area contributed by atoms with Crippen LogP contribution in [0.15, 0.2) is 18.2 Å². The van der Waals surface area contributed by atoms with Crippen LogP contribution in [0.2, 0.25) is 0 Å². The maximum atomic E-state index is 10.8. The van der Waals surface area contributed by atoms with Crippen LogP contribution in [0.4, 0.5) is 0 Å². The second-order valence-electron chi connectivity index (χ2n) is 6.32. The van der Waals surface area contributed by atoms with Crippen LogP contribution in [-0.4, -0.2) is 28.8 Å². The van der Waals surface area contributed by atoms with Crippen molar-refractivity contribution in [3.63, 3.8) is 0 Å². The highest BCUT2D eigenvalue weighted by Gasteiger charge is 2.42. The van der Waals surface area contributed by atoms with Crippen LogP contribution >= 0.6 is 11.8 Å². The van der Waals surface area contributed by atoms with Crippen molar-refractivity contribution < 1.29 is 9.84 Å². The number of thioether (sulfide) groups is 1. The van der Waals surface area contributed by atoms with E-state index in [2.05, 4.69) is 32.0 Å². The fraction of sp³-hybridized carbons (Fsp3) is 0.647. The van der Waals surface area contributed by atoms with Gasteiger partial charge in [-0.05, 0) is 61.5 Å². The van der Waals surface area contributed by atoms with Crippen LogP contribution in [0.3, 0.4) is 0 Å². The molecule has 110 valence electrons. The van der Waals surface area contributed by atoms with Crippen molar-refractivity contribution in [2.75, 3.05) is 18.1 Å². The van der Waals surface area contributed by atoms with Gasteiger partial charge in [-0.3, -0.25) is 0 Å². The number of rotatable bonds is 2. The van der Waals surface area contributed by atoms with Crippen LogP contribution in [0.25, 0.3) is 0 Å². The first-order valence-electron chi connectivity index (χ1n) is 7.57. The van der Waals surface area contributed by atoms with Crippen LogP contribution in [0.1, 0.15) is 42.1 Å². The maximum absolute atomic E-state index is 10.8. The van der Waals surface area contributed by atoms with Gasteiger partial charge in [-0.2, -0.15) is 11.8 Å². The Morgan fingerprint density at radius 1 is 1.40 bits per heavy atom. The second-order valence-corrected chi connectivity index (χ2v) is 7.43. The molecule has 1 spiro atoms. The largest absolute Gasteiger partial charge is 0.388 e. The molecule has 20 heavy (non-hydrogen) atoms. The molecule has 1 aromatic rings. The van der Waals surface area contributed by atoms with Gasteiger partial charge in [0.15, 0.2) is 0 Å². The number of aliphatic hydroxyl groups excluding tert-OH is 1. The van der Waals surface area contributed by atoms with Crippen molar-refractivity contribution in [3.05, 3.63) is 34.9 Å². The SMILES string of the molecule is Cc1cccc(C(O)C2CCOC3(CCSC3)C2)c1C. The summed E-state index contributed by atoms with van der Waals surface area (Å²) in [5.41, 5.74) is 3.66. The van der Waals surface area contributed by atoms with E-state index in [1.54, 1.807) is 0 Å². The van der Waals surface area contributed by atoms with E-state index < -0.39 is 0 Å². The molecule has 2 nitrogen and oxygen atoms in total. The van der Waals surface area contributed by atoms with Gasteiger partial charge in [0.2, 0.25) is 0 Å². The summed E-state index contributed by atoms with van der Waals surface area (Å²) in [5.74, 6) is 2.64. The maximum Gasteiger partial charge on any atom is 0.0822 e. The topological polar surface area (TPSA) is 29.5 Å². The first-order valence-corrected chi connectivity index (χ1v) is 8.73. The summed E-state index contributed by atoms with van der Waals surface area (Å²) in [7, 11) is 0. The third-order valence-electron chi connectivity index (χ3n) is 5.01. The first-order chi connectivity index (χ1) is 9.61. The van der Waals surface area contributed by atoms with E-state index in [-0.39, 0.29) is 11.7 Å². The molecular formula is C17H24O2S. The van der Waals surface area contributed by atoms with Gasteiger partial charge in [-0.25, -0.2) is 0 Å². The number of hydrogen-bond donors (Lipinski definition) is 1. The second kappa shape index (κ2) is 5.70. The Morgan fingerprint density at radius 3 is 3.00 bits per heavy atom. The third-order valence-corrected chi connectivity index (χ3v) is 6.23. The van der Waals surface area contributed by atoms with Crippen molar-refractivity contribution in [2.45, 2.75) is 44.8 Å². The molecule has 3 heteroatoms. The Labute approximate surface area is 125 Å². The van der Waals surface area contributed by atoms with Crippen LogP contribution < -0.4 is 0 Å². The van der Waals surface area contributed by atoms with Gasteiger partial charge in [-0.1, -0.05) is 18.2 Å². The lowest BCUT2D eigenvalue weighted by atomic mass is 9.79. The minimum atomic E-state index is -0.346. The van der Waals surface area contributed by atoms with Crippen molar-refractivity contribution in [2.24, 2.45) is 5.92 Å². The zero-order valence-electron chi connectivity index (χ0n) is 12.4. The molecule has 2 heterocycles. The van der Waals surface area contributed by atoms with Crippen molar-refractivity contribution in [1.29, 1.82) is 0 Å². The lowest BCUT2D eigenvalue weighted by molar-refractivity contribution is -0.102. The van der Waals surface area contributed by atoms with Gasteiger partial charge < -0.3 is 9.84 Å². The molecule has 0 radical (unpaired) electrons. The van der Waals surface area contributed by atoms with Gasteiger partial charge in [0.1, 0.15) is 0 Å². The van der Waals surface area contributed by atoms with Gasteiger partial charge >= 0.3 is 0 Å². The smallest absolute Gasteiger partial charge is 0.0822 e. The molecule has 1 aromatic carbocycles. The Balaban J connectivity index is 1.79. The van der Waals surface area contributed by atoms with Crippen molar-refractivity contribution >= 4 is 11.8 Å². The Hall–Kier alpha value is -0.510. The predicted molar refractivity (Wildman–Crippen MR) is 84.2 cm³/mol. The summed E-state index contributed by atoms with van der Waals surface area (Å²) in [6.07, 6.45) is 2.78. The van der Waals surface area contributed by atoms with Gasteiger partial charge in [0, 0.05) is 12.4 Å². The molecular weight excluding hydrogens is 268 g/mol. The summed E-state index contributed by atoms with van der Waals surface area (Å²) in [6, 6.07) is 6.25. The van der Waals surface area contributed by atoms with E-state index in [0.29, 0.717) is 5.92 Å². The van der Waals surface area contributed by atoms with Gasteiger partial charge in [0.25, 0.3) is 0 Å². The monoisotopic (exact) mass is 292 g/mol. The van der Waals surface area contributed by atoms with Crippen molar-refractivity contribution in [3.8, 4) is 0 Å². The normalized spacial score (nSPS) is 31.6. The van der Waals surface area contributed by atoms with Crippen LogP contribution in [0.5, 0.6) is 0 Å². The Bertz CT molecular complexity index is 480. The zero-order valence-corrected chi connectivity index (χ0v) is 13.2. The average molecular weight is 292 g/mol. The standard InChI is InChI=1S/C17H24O2S/c1-12-4-3-5-15(13(12)2)16(18)14-6-8-19-17(10-14)7-9-20-11-17/h3-5,14,16,18H,6-11H2,1-2H3. The third kappa shape index (κ3) is 2.63. The van der Waals surface area contributed by atoms with Crippen LogP contribution in [0, 0.1) is 19.8 Å². The van der Waals surface area contributed by atoms with E-state index in [1.807, 2.05) is 11.8 Å². The zero-order chi connectivity index (χ0) is 14.2. The molecule has 2 fully saturated rings. The summed E-state index contributed by atoms with van der Waals surface area (Å²) >= 11 is 1.99. The molecule has 0 amide bonds. The minimum Gasteiger partial charge on any atom is -0.388 e. The first kappa shape index (κ1) is 14.4. The van der Waals surface area contributed by atoms with Gasteiger partial charge in [0.05, 0.1) is 11.7 Å². The molecule has 3 rings (SSSR count). The molecule has 3 unspecified atom stereocenters. The molecule has 2 saturated heterocycles. The number of hydrogen-bond acceptors (Lipinski definition) is 3. The lowest BCUT2D eigenvalue weighted by Gasteiger charge is -2.40. The lowest BCUT2D eigenvalue weighted by Crippen LogP contribution is -2.41. The average Bonchev–Trinajstić information content (AvgIpc) is 2.89. The quantitative estimate of drug-likeness (QED) is 0.902. The highest BCUT2D eigenvalue weighted by atomic mass is 32.2. The summed E-state index contributed by atoms with van der Waals surface area (Å²) in [5, 5.41) is 10.8. The predicted octanol–water partition coefficient (Wildman–Crippen LogP) is 3.64. The highest BCUT2D eigenvalue weighted by molar-refractivity contribution is 7.99. The summed E-state index contributed by atoms with van der Waals surface area (Å²) in [4.78, 5) is 0. The van der Waals surface area contributed by atoms with Crippen LogP contribution in [-0.2, 0) is 4.74 Å². The molecule has 0 saturated carbocycles.